The zero-order chi connectivity index (χ0) is 12.9. The maximum Gasteiger partial charge on any atom is -0.00595 e. The third-order valence-corrected chi connectivity index (χ3v) is 6.96. The lowest BCUT2D eigenvalue weighted by atomic mass is 10.0. The zero-order valence-electron chi connectivity index (χ0n) is 11.3. The smallest absolute Gasteiger partial charge is 0.00595 e. The van der Waals surface area contributed by atoms with E-state index in [4.69, 9.17) is 0 Å². The first-order chi connectivity index (χ1) is 9.45. The van der Waals surface area contributed by atoms with Crippen molar-refractivity contribution in [2.24, 2.45) is 0 Å². The van der Waals surface area contributed by atoms with Crippen molar-refractivity contribution in [3.8, 4) is 0 Å². The molecule has 1 saturated carbocycles. The zero-order valence-corrected chi connectivity index (χ0v) is 12.2. The fourth-order valence-corrected chi connectivity index (χ4v) is 6.10. The summed E-state index contributed by atoms with van der Waals surface area (Å²) in [5.41, 5.74) is 0. The van der Waals surface area contributed by atoms with Gasteiger partial charge in [-0.1, -0.05) is 55.7 Å². The van der Waals surface area contributed by atoms with E-state index in [0.29, 0.717) is 0 Å². The Morgan fingerprint density at radius 2 is 1.11 bits per heavy atom. The van der Waals surface area contributed by atoms with Gasteiger partial charge in [0.15, 0.2) is 0 Å². The summed E-state index contributed by atoms with van der Waals surface area (Å²) in [5, 5.41) is 0.883. The standard InChI is InChI=1S/C18H22S/c1-4-10-16(11-5-1)19(17-12-6-2-7-13-17)18-14-8-3-9-15-18/h1-2,4-7,10-13,18-19H,3,8-9,14-15H2. The Hall–Kier alpha value is -1.21. The van der Waals surface area contributed by atoms with Gasteiger partial charge < -0.3 is 0 Å². The molecular formula is C18H22S. The molecule has 0 bridgehead atoms. The molecule has 0 amide bonds. The Morgan fingerprint density at radius 3 is 1.58 bits per heavy atom. The van der Waals surface area contributed by atoms with E-state index in [-0.39, 0.29) is 10.9 Å². The fraction of sp³-hybridized carbons (Fsp3) is 0.333. The molecule has 0 heterocycles. The van der Waals surface area contributed by atoms with E-state index in [1.165, 1.54) is 32.1 Å². The summed E-state index contributed by atoms with van der Waals surface area (Å²) in [6.45, 7) is 0. The first kappa shape index (κ1) is 12.8. The molecule has 100 valence electrons. The summed E-state index contributed by atoms with van der Waals surface area (Å²) in [6.07, 6.45) is 7.10. The van der Waals surface area contributed by atoms with Gasteiger partial charge in [0.2, 0.25) is 0 Å². The minimum absolute atomic E-state index is 0.169. The van der Waals surface area contributed by atoms with Crippen LogP contribution in [-0.4, -0.2) is 5.25 Å². The number of hydrogen-bond donors (Lipinski definition) is 1. The Bertz CT molecular complexity index is 446. The van der Waals surface area contributed by atoms with Gasteiger partial charge in [-0.3, -0.25) is 0 Å². The van der Waals surface area contributed by atoms with Gasteiger partial charge in [-0.25, -0.2) is 0 Å². The third-order valence-electron chi connectivity index (χ3n) is 4.01. The van der Waals surface area contributed by atoms with Crippen LogP contribution in [0.1, 0.15) is 32.1 Å². The van der Waals surface area contributed by atoms with E-state index >= 15 is 0 Å². The molecule has 19 heavy (non-hydrogen) atoms. The van der Waals surface area contributed by atoms with Crippen LogP contribution in [0.5, 0.6) is 0 Å². The highest BCUT2D eigenvalue weighted by Crippen LogP contribution is 2.52. The average molecular weight is 270 g/mol. The molecule has 0 nitrogen and oxygen atoms in total. The number of hydrogen-bond acceptors (Lipinski definition) is 0. The Kier molecular flexibility index (Phi) is 4.24. The average Bonchev–Trinajstić information content (AvgIpc) is 2.51. The molecule has 0 aliphatic heterocycles. The van der Waals surface area contributed by atoms with Crippen molar-refractivity contribution in [3.63, 3.8) is 0 Å². The number of thiol groups is 1. The minimum atomic E-state index is -0.169. The van der Waals surface area contributed by atoms with Crippen molar-refractivity contribution in [3.05, 3.63) is 60.7 Å². The van der Waals surface area contributed by atoms with Crippen LogP contribution in [-0.2, 0) is 0 Å². The molecule has 0 aromatic heterocycles. The highest BCUT2D eigenvalue weighted by molar-refractivity contribution is 8.17. The summed E-state index contributed by atoms with van der Waals surface area (Å²) >= 11 is 0. The van der Waals surface area contributed by atoms with Gasteiger partial charge in [0.05, 0.1) is 0 Å². The Labute approximate surface area is 119 Å². The van der Waals surface area contributed by atoms with Crippen LogP contribution in [0.2, 0.25) is 0 Å². The summed E-state index contributed by atoms with van der Waals surface area (Å²) in [6, 6.07) is 22.3. The molecule has 1 heteroatoms. The third kappa shape index (κ3) is 3.03. The Balaban J connectivity index is 1.96. The largest absolute Gasteiger partial charge is 0.197 e. The Morgan fingerprint density at radius 1 is 0.632 bits per heavy atom. The SMILES string of the molecule is c1ccc([SH](c2ccccc2)C2CCCCC2)cc1. The molecule has 0 spiro atoms. The molecule has 1 aliphatic rings. The molecule has 1 fully saturated rings. The van der Waals surface area contributed by atoms with Crippen LogP contribution in [0.25, 0.3) is 0 Å². The van der Waals surface area contributed by atoms with Gasteiger partial charge in [-0.05, 0) is 52.1 Å². The summed E-state index contributed by atoms with van der Waals surface area (Å²) in [5.74, 6) is 0. The monoisotopic (exact) mass is 270 g/mol. The van der Waals surface area contributed by atoms with Gasteiger partial charge in [0, 0.05) is 0 Å². The summed E-state index contributed by atoms with van der Waals surface area (Å²) < 4.78 is 0. The van der Waals surface area contributed by atoms with Crippen LogP contribution in [0, 0.1) is 0 Å². The molecule has 2 aromatic rings. The second-order valence-electron chi connectivity index (χ2n) is 5.33. The van der Waals surface area contributed by atoms with E-state index in [2.05, 4.69) is 60.7 Å². The molecule has 0 saturated heterocycles. The van der Waals surface area contributed by atoms with Crippen LogP contribution < -0.4 is 0 Å². The van der Waals surface area contributed by atoms with E-state index in [9.17, 15) is 0 Å². The number of rotatable bonds is 3. The van der Waals surface area contributed by atoms with Crippen molar-refractivity contribution in [1.29, 1.82) is 0 Å². The van der Waals surface area contributed by atoms with Crippen molar-refractivity contribution in [1.82, 2.24) is 0 Å². The lowest BCUT2D eigenvalue weighted by Crippen LogP contribution is -2.13. The highest BCUT2D eigenvalue weighted by Gasteiger charge is 2.22. The molecular weight excluding hydrogens is 248 g/mol. The van der Waals surface area contributed by atoms with Gasteiger partial charge in [-0.2, -0.15) is 10.9 Å². The molecule has 3 rings (SSSR count). The molecule has 0 N–H and O–H groups in total. The highest BCUT2D eigenvalue weighted by atomic mass is 32.2. The lowest BCUT2D eigenvalue weighted by molar-refractivity contribution is 0.513. The summed E-state index contributed by atoms with van der Waals surface area (Å²) in [4.78, 5) is 3.10. The van der Waals surface area contributed by atoms with Gasteiger partial charge >= 0.3 is 0 Å². The first-order valence-electron chi connectivity index (χ1n) is 7.34. The molecule has 0 atom stereocenters. The van der Waals surface area contributed by atoms with E-state index in [0.717, 1.165) is 5.25 Å². The van der Waals surface area contributed by atoms with E-state index in [1.807, 2.05) is 0 Å². The van der Waals surface area contributed by atoms with Gasteiger partial charge in [0.25, 0.3) is 0 Å². The first-order valence-corrected chi connectivity index (χ1v) is 8.75. The fourth-order valence-electron chi connectivity index (χ4n) is 3.09. The molecule has 0 unspecified atom stereocenters. The molecule has 1 aliphatic carbocycles. The summed E-state index contributed by atoms with van der Waals surface area (Å²) in [7, 11) is -0.169. The van der Waals surface area contributed by atoms with Crippen molar-refractivity contribution >= 4 is 10.9 Å². The van der Waals surface area contributed by atoms with Crippen molar-refractivity contribution < 1.29 is 0 Å². The van der Waals surface area contributed by atoms with Crippen LogP contribution >= 0.6 is 10.9 Å². The van der Waals surface area contributed by atoms with Gasteiger partial charge in [-0.15, -0.1) is 0 Å². The van der Waals surface area contributed by atoms with Crippen LogP contribution in [0.15, 0.2) is 70.5 Å². The quantitative estimate of drug-likeness (QED) is 0.705. The predicted octanol–water partition coefficient (Wildman–Crippen LogP) is 5.44. The second-order valence-corrected chi connectivity index (χ2v) is 7.84. The lowest BCUT2D eigenvalue weighted by Gasteiger charge is -2.34. The number of benzene rings is 2. The minimum Gasteiger partial charge on any atom is -0.197 e. The van der Waals surface area contributed by atoms with Crippen molar-refractivity contribution in [2.45, 2.75) is 47.1 Å². The van der Waals surface area contributed by atoms with Gasteiger partial charge in [0.1, 0.15) is 0 Å². The van der Waals surface area contributed by atoms with E-state index < -0.39 is 0 Å². The second kappa shape index (κ2) is 6.29. The molecule has 2 aromatic carbocycles. The van der Waals surface area contributed by atoms with Crippen LogP contribution in [0.3, 0.4) is 0 Å². The maximum absolute atomic E-state index is 2.33. The van der Waals surface area contributed by atoms with E-state index in [1.54, 1.807) is 9.79 Å². The van der Waals surface area contributed by atoms with Crippen molar-refractivity contribution in [2.75, 3.05) is 0 Å². The maximum atomic E-state index is 2.33. The topological polar surface area (TPSA) is 0 Å². The van der Waals surface area contributed by atoms with Crippen LogP contribution in [0.4, 0.5) is 0 Å². The normalized spacial score (nSPS) is 17.2. The molecule has 0 radical (unpaired) electrons. The predicted molar refractivity (Wildman–Crippen MR) is 85.3 cm³/mol.